The Kier molecular flexibility index (Phi) is 2.79. The van der Waals surface area contributed by atoms with Crippen LogP contribution >= 0.6 is 12.2 Å². The average Bonchev–Trinajstić information content (AvgIpc) is 2.43. The van der Waals surface area contributed by atoms with Crippen LogP contribution in [-0.2, 0) is 0 Å². The molecule has 2 aromatic heterocycles. The Morgan fingerprint density at radius 1 is 1.30 bits per heavy atom. The van der Waals surface area contributed by atoms with Gasteiger partial charge in [-0.25, -0.2) is 9.66 Å². The van der Waals surface area contributed by atoms with Crippen LogP contribution in [0.1, 0.15) is 5.82 Å². The SMILES string of the molecule is Cc1nc2c(nnc3ccccc32)c(=O)n1NC(N)=S. The van der Waals surface area contributed by atoms with Gasteiger partial charge in [0, 0.05) is 5.39 Å². The molecular formula is C12H10N6OS. The maximum absolute atomic E-state index is 12.4. The zero-order chi connectivity index (χ0) is 14.3. The predicted octanol–water partition coefficient (Wildman–Crippen LogP) is 0.435. The van der Waals surface area contributed by atoms with Gasteiger partial charge in [0.2, 0.25) is 0 Å². The standard InChI is InChI=1S/C12H10N6OS/c1-6-14-9-7-4-2-3-5-8(7)15-16-10(9)11(19)18(6)17-12(13)20/h2-5H,1H3,(H3,13,17,20). The first-order chi connectivity index (χ1) is 9.58. The van der Waals surface area contributed by atoms with Crippen molar-refractivity contribution >= 4 is 39.3 Å². The van der Waals surface area contributed by atoms with Crippen LogP contribution in [0.5, 0.6) is 0 Å². The summed E-state index contributed by atoms with van der Waals surface area (Å²) >= 11 is 4.74. The van der Waals surface area contributed by atoms with E-state index in [4.69, 9.17) is 18.0 Å². The molecule has 100 valence electrons. The monoisotopic (exact) mass is 286 g/mol. The molecule has 2 heterocycles. The molecule has 0 unspecified atom stereocenters. The van der Waals surface area contributed by atoms with Crippen LogP contribution in [-0.4, -0.2) is 25.0 Å². The Labute approximate surface area is 118 Å². The lowest BCUT2D eigenvalue weighted by Gasteiger charge is -2.11. The molecule has 0 bridgehead atoms. The topological polar surface area (TPSA) is 98.7 Å². The van der Waals surface area contributed by atoms with Crippen molar-refractivity contribution in [3.63, 3.8) is 0 Å². The Morgan fingerprint density at radius 2 is 2.05 bits per heavy atom. The number of hydrogen-bond acceptors (Lipinski definition) is 5. The first-order valence-electron chi connectivity index (χ1n) is 5.79. The molecule has 0 aliphatic heterocycles. The van der Waals surface area contributed by atoms with Gasteiger partial charge in [-0.1, -0.05) is 18.2 Å². The van der Waals surface area contributed by atoms with Gasteiger partial charge in [-0.2, -0.15) is 0 Å². The molecule has 0 saturated heterocycles. The second-order valence-corrected chi connectivity index (χ2v) is 4.63. The fourth-order valence-electron chi connectivity index (χ4n) is 2.00. The van der Waals surface area contributed by atoms with Crippen molar-refractivity contribution in [1.29, 1.82) is 0 Å². The second kappa shape index (κ2) is 4.49. The quantitative estimate of drug-likeness (QED) is 0.494. The third kappa shape index (κ3) is 1.86. The smallest absolute Gasteiger partial charge is 0.300 e. The Morgan fingerprint density at radius 3 is 2.80 bits per heavy atom. The Bertz CT molecular complexity index is 903. The van der Waals surface area contributed by atoms with Crippen LogP contribution in [0.15, 0.2) is 29.1 Å². The van der Waals surface area contributed by atoms with E-state index in [1.165, 1.54) is 0 Å². The minimum absolute atomic E-state index is 0.0231. The van der Waals surface area contributed by atoms with Gasteiger partial charge in [-0.15, -0.1) is 10.2 Å². The van der Waals surface area contributed by atoms with Gasteiger partial charge in [0.1, 0.15) is 11.3 Å². The molecular weight excluding hydrogens is 276 g/mol. The highest BCUT2D eigenvalue weighted by atomic mass is 32.1. The molecule has 3 N–H and O–H groups in total. The maximum atomic E-state index is 12.4. The number of hydrogen-bond donors (Lipinski definition) is 2. The van der Waals surface area contributed by atoms with Crippen molar-refractivity contribution < 1.29 is 0 Å². The average molecular weight is 286 g/mol. The minimum atomic E-state index is -0.390. The Balaban J connectivity index is 2.43. The van der Waals surface area contributed by atoms with E-state index in [0.29, 0.717) is 16.9 Å². The summed E-state index contributed by atoms with van der Waals surface area (Å²) < 4.78 is 1.16. The molecule has 3 aromatic rings. The van der Waals surface area contributed by atoms with Crippen LogP contribution in [0.2, 0.25) is 0 Å². The highest BCUT2D eigenvalue weighted by Gasteiger charge is 2.13. The van der Waals surface area contributed by atoms with Crippen LogP contribution in [0.3, 0.4) is 0 Å². The van der Waals surface area contributed by atoms with Crippen molar-refractivity contribution in [3.8, 4) is 0 Å². The number of aryl methyl sites for hydroxylation is 1. The highest BCUT2D eigenvalue weighted by molar-refractivity contribution is 7.80. The number of nitrogens with one attached hydrogen (secondary N) is 1. The van der Waals surface area contributed by atoms with Gasteiger partial charge in [0.05, 0.1) is 5.52 Å². The summed E-state index contributed by atoms with van der Waals surface area (Å²) in [7, 11) is 0. The van der Waals surface area contributed by atoms with Gasteiger partial charge < -0.3 is 5.73 Å². The first kappa shape index (κ1) is 12.4. The van der Waals surface area contributed by atoms with Gasteiger partial charge in [-0.3, -0.25) is 10.2 Å². The molecule has 0 fully saturated rings. The molecule has 3 rings (SSSR count). The fourth-order valence-corrected chi connectivity index (χ4v) is 2.09. The van der Waals surface area contributed by atoms with Crippen LogP contribution in [0, 0.1) is 6.92 Å². The summed E-state index contributed by atoms with van der Waals surface area (Å²) in [6.45, 7) is 1.68. The number of nitrogens with zero attached hydrogens (tertiary/aromatic N) is 4. The maximum Gasteiger partial charge on any atom is 0.300 e. The molecule has 0 aliphatic carbocycles. The number of benzene rings is 1. The largest absolute Gasteiger partial charge is 0.375 e. The summed E-state index contributed by atoms with van der Waals surface area (Å²) in [4.78, 5) is 16.8. The lowest BCUT2D eigenvalue weighted by Crippen LogP contribution is -2.38. The van der Waals surface area contributed by atoms with E-state index in [1.807, 2.05) is 24.3 Å². The molecule has 1 aromatic carbocycles. The van der Waals surface area contributed by atoms with Crippen molar-refractivity contribution in [2.24, 2.45) is 5.73 Å². The van der Waals surface area contributed by atoms with Crippen molar-refractivity contribution in [2.75, 3.05) is 5.43 Å². The number of nitrogens with two attached hydrogens (primary N) is 1. The van der Waals surface area contributed by atoms with Crippen molar-refractivity contribution in [2.45, 2.75) is 6.92 Å². The number of rotatable bonds is 1. The summed E-state index contributed by atoms with van der Waals surface area (Å²) in [5, 5.41) is 8.73. The van der Waals surface area contributed by atoms with Crippen molar-refractivity contribution in [1.82, 2.24) is 19.9 Å². The van der Waals surface area contributed by atoms with E-state index < -0.39 is 5.56 Å². The second-order valence-electron chi connectivity index (χ2n) is 4.19. The predicted molar refractivity (Wildman–Crippen MR) is 80.0 cm³/mol. The first-order valence-corrected chi connectivity index (χ1v) is 6.20. The molecule has 0 spiro atoms. The molecule has 0 atom stereocenters. The molecule has 0 saturated carbocycles. The lowest BCUT2D eigenvalue weighted by atomic mass is 10.2. The summed E-state index contributed by atoms with van der Waals surface area (Å²) in [6.07, 6.45) is 0. The highest BCUT2D eigenvalue weighted by Crippen LogP contribution is 2.17. The zero-order valence-corrected chi connectivity index (χ0v) is 11.3. The van der Waals surface area contributed by atoms with E-state index in [-0.39, 0.29) is 10.6 Å². The van der Waals surface area contributed by atoms with Gasteiger partial charge in [0.15, 0.2) is 10.6 Å². The van der Waals surface area contributed by atoms with Crippen LogP contribution in [0.4, 0.5) is 0 Å². The molecule has 0 aliphatic rings. The number of aromatic nitrogens is 4. The zero-order valence-electron chi connectivity index (χ0n) is 10.5. The third-order valence-corrected chi connectivity index (χ3v) is 2.96. The summed E-state index contributed by atoms with van der Waals surface area (Å²) in [5.41, 5.74) is 8.93. The normalized spacial score (nSPS) is 10.8. The molecule has 20 heavy (non-hydrogen) atoms. The molecule has 7 nitrogen and oxygen atoms in total. The lowest BCUT2D eigenvalue weighted by molar-refractivity contribution is 0.830. The fraction of sp³-hybridized carbons (Fsp3) is 0.0833. The number of thiocarbonyl (C=S) groups is 1. The van der Waals surface area contributed by atoms with E-state index in [9.17, 15) is 4.79 Å². The number of fused-ring (bicyclic) bond motifs is 3. The Hall–Kier alpha value is -2.61. The van der Waals surface area contributed by atoms with E-state index >= 15 is 0 Å². The van der Waals surface area contributed by atoms with Crippen LogP contribution < -0.4 is 16.7 Å². The van der Waals surface area contributed by atoms with Crippen LogP contribution in [0.25, 0.3) is 21.9 Å². The van der Waals surface area contributed by atoms with Gasteiger partial charge >= 0.3 is 5.56 Å². The minimum Gasteiger partial charge on any atom is -0.375 e. The van der Waals surface area contributed by atoms with E-state index in [0.717, 1.165) is 10.1 Å². The summed E-state index contributed by atoms with van der Waals surface area (Å²) in [6, 6.07) is 7.38. The third-order valence-electron chi connectivity index (χ3n) is 2.87. The molecule has 0 radical (unpaired) electrons. The van der Waals surface area contributed by atoms with E-state index in [2.05, 4.69) is 20.6 Å². The van der Waals surface area contributed by atoms with Gasteiger partial charge in [0.25, 0.3) is 0 Å². The molecule has 0 amide bonds. The van der Waals surface area contributed by atoms with E-state index in [1.54, 1.807) is 6.92 Å². The molecule has 8 heteroatoms. The summed E-state index contributed by atoms with van der Waals surface area (Å²) in [5.74, 6) is 0.438. The van der Waals surface area contributed by atoms with Crippen molar-refractivity contribution in [3.05, 3.63) is 40.4 Å². The van der Waals surface area contributed by atoms with Gasteiger partial charge in [-0.05, 0) is 25.2 Å².